The normalized spacial score (nSPS) is 13.1. The molecule has 0 aliphatic rings. The van der Waals surface area contributed by atoms with Crippen molar-refractivity contribution in [2.75, 3.05) is 13.2 Å². The van der Waals surface area contributed by atoms with Crippen LogP contribution in [0.15, 0.2) is 4.63 Å². The molecule has 0 aromatic carbocycles. The Balaban J connectivity index is 2.19. The van der Waals surface area contributed by atoms with Crippen LogP contribution in [0.5, 0.6) is 0 Å². The van der Waals surface area contributed by atoms with Crippen LogP contribution in [0.25, 0.3) is 0 Å². The summed E-state index contributed by atoms with van der Waals surface area (Å²) < 4.78 is 9.95. The summed E-state index contributed by atoms with van der Waals surface area (Å²) in [5, 5.41) is 10.7. The average molecular weight is 199 g/mol. The summed E-state index contributed by atoms with van der Waals surface area (Å²) in [6.07, 6.45) is 0.222. The van der Waals surface area contributed by atoms with Crippen LogP contribution in [0.1, 0.15) is 25.2 Å². The van der Waals surface area contributed by atoms with Crippen molar-refractivity contribution in [3.63, 3.8) is 0 Å². The van der Waals surface area contributed by atoms with Crippen LogP contribution in [0.2, 0.25) is 0 Å². The molecule has 1 aromatic rings. The Bertz CT molecular complexity index is 262. The molecular formula is C9H17N3O2. The summed E-state index contributed by atoms with van der Waals surface area (Å²) in [4.78, 5) is 0. The van der Waals surface area contributed by atoms with Crippen molar-refractivity contribution >= 4 is 0 Å². The third kappa shape index (κ3) is 3.43. The minimum absolute atomic E-state index is 0.222. The number of hydrogen-bond acceptors (Lipinski definition) is 5. The monoisotopic (exact) mass is 199 g/mol. The first-order chi connectivity index (χ1) is 6.74. The Hall–Kier alpha value is -0.940. The molecule has 0 amide bonds. The highest BCUT2D eigenvalue weighted by molar-refractivity contribution is 5.03. The zero-order valence-electron chi connectivity index (χ0n) is 8.91. The minimum Gasteiger partial charge on any atom is -0.377 e. The van der Waals surface area contributed by atoms with E-state index in [0.29, 0.717) is 6.54 Å². The largest absolute Gasteiger partial charge is 0.377 e. The van der Waals surface area contributed by atoms with E-state index in [2.05, 4.69) is 20.3 Å². The SMILES string of the molecule is CCOC(C)CNCc1nonc1C. The molecule has 0 saturated heterocycles. The van der Waals surface area contributed by atoms with Gasteiger partial charge in [-0.3, -0.25) is 0 Å². The topological polar surface area (TPSA) is 60.2 Å². The van der Waals surface area contributed by atoms with Gasteiger partial charge in [0.2, 0.25) is 0 Å². The molecule has 0 aliphatic carbocycles. The number of aromatic nitrogens is 2. The van der Waals surface area contributed by atoms with Gasteiger partial charge in [0.25, 0.3) is 0 Å². The van der Waals surface area contributed by atoms with Gasteiger partial charge in [0.1, 0.15) is 11.4 Å². The fourth-order valence-corrected chi connectivity index (χ4v) is 1.15. The maximum Gasteiger partial charge on any atom is 0.121 e. The molecule has 0 radical (unpaired) electrons. The predicted molar refractivity (Wildman–Crippen MR) is 51.8 cm³/mol. The Morgan fingerprint density at radius 2 is 2.29 bits per heavy atom. The summed E-state index contributed by atoms with van der Waals surface area (Å²) >= 11 is 0. The van der Waals surface area contributed by atoms with E-state index in [-0.39, 0.29) is 6.10 Å². The van der Waals surface area contributed by atoms with E-state index >= 15 is 0 Å². The molecule has 5 heteroatoms. The molecule has 80 valence electrons. The lowest BCUT2D eigenvalue weighted by atomic mass is 10.3. The number of hydrogen-bond donors (Lipinski definition) is 1. The second kappa shape index (κ2) is 5.72. The van der Waals surface area contributed by atoms with E-state index in [1.54, 1.807) is 0 Å². The zero-order chi connectivity index (χ0) is 10.4. The van der Waals surface area contributed by atoms with E-state index in [4.69, 9.17) is 4.74 Å². The molecule has 1 aromatic heterocycles. The molecule has 1 unspecified atom stereocenters. The number of nitrogens with zero attached hydrogens (tertiary/aromatic N) is 2. The Labute approximate surface area is 83.8 Å². The Morgan fingerprint density at radius 1 is 1.50 bits per heavy atom. The standard InChI is InChI=1S/C9H17N3O2/c1-4-13-7(2)5-10-6-9-8(3)11-14-12-9/h7,10H,4-6H2,1-3H3. The van der Waals surface area contributed by atoms with Crippen molar-refractivity contribution in [3.8, 4) is 0 Å². The highest BCUT2D eigenvalue weighted by atomic mass is 16.6. The molecule has 1 N–H and O–H groups in total. The molecule has 1 heterocycles. The summed E-state index contributed by atoms with van der Waals surface area (Å²) in [6, 6.07) is 0. The van der Waals surface area contributed by atoms with Crippen LogP contribution >= 0.6 is 0 Å². The molecule has 14 heavy (non-hydrogen) atoms. The quantitative estimate of drug-likeness (QED) is 0.737. The predicted octanol–water partition coefficient (Wildman–Crippen LogP) is 0.893. The smallest absolute Gasteiger partial charge is 0.121 e. The summed E-state index contributed by atoms with van der Waals surface area (Å²) in [5.74, 6) is 0. The van der Waals surface area contributed by atoms with Crippen molar-refractivity contribution in [2.45, 2.75) is 33.4 Å². The molecule has 5 nitrogen and oxygen atoms in total. The number of ether oxygens (including phenoxy) is 1. The summed E-state index contributed by atoms with van der Waals surface area (Å²) in [6.45, 7) is 8.12. The van der Waals surface area contributed by atoms with Crippen LogP contribution in [0, 0.1) is 6.92 Å². The van der Waals surface area contributed by atoms with Crippen molar-refractivity contribution in [1.82, 2.24) is 15.6 Å². The van der Waals surface area contributed by atoms with E-state index in [0.717, 1.165) is 24.5 Å². The van der Waals surface area contributed by atoms with Crippen LogP contribution in [0.4, 0.5) is 0 Å². The van der Waals surface area contributed by atoms with E-state index in [1.807, 2.05) is 20.8 Å². The highest BCUT2D eigenvalue weighted by Crippen LogP contribution is 1.99. The lowest BCUT2D eigenvalue weighted by Crippen LogP contribution is -2.26. The van der Waals surface area contributed by atoms with Gasteiger partial charge in [-0.2, -0.15) is 0 Å². The van der Waals surface area contributed by atoms with Crippen molar-refractivity contribution in [1.29, 1.82) is 0 Å². The van der Waals surface area contributed by atoms with Gasteiger partial charge in [0, 0.05) is 19.7 Å². The van der Waals surface area contributed by atoms with Gasteiger partial charge < -0.3 is 10.1 Å². The first-order valence-corrected chi connectivity index (χ1v) is 4.84. The van der Waals surface area contributed by atoms with Gasteiger partial charge in [0.15, 0.2) is 0 Å². The maximum absolute atomic E-state index is 5.37. The van der Waals surface area contributed by atoms with Gasteiger partial charge in [-0.15, -0.1) is 0 Å². The van der Waals surface area contributed by atoms with Crippen LogP contribution in [-0.4, -0.2) is 29.6 Å². The van der Waals surface area contributed by atoms with Crippen molar-refractivity contribution < 1.29 is 9.37 Å². The first kappa shape index (κ1) is 11.1. The van der Waals surface area contributed by atoms with Crippen LogP contribution < -0.4 is 5.32 Å². The lowest BCUT2D eigenvalue weighted by molar-refractivity contribution is 0.0758. The first-order valence-electron chi connectivity index (χ1n) is 4.84. The van der Waals surface area contributed by atoms with Gasteiger partial charge >= 0.3 is 0 Å². The third-order valence-electron chi connectivity index (χ3n) is 1.92. The van der Waals surface area contributed by atoms with Crippen LogP contribution in [0.3, 0.4) is 0 Å². The number of aryl methyl sites for hydroxylation is 1. The van der Waals surface area contributed by atoms with Crippen LogP contribution in [-0.2, 0) is 11.3 Å². The number of rotatable bonds is 6. The maximum atomic E-state index is 5.37. The fourth-order valence-electron chi connectivity index (χ4n) is 1.15. The second-order valence-electron chi connectivity index (χ2n) is 3.19. The Kier molecular flexibility index (Phi) is 4.55. The fraction of sp³-hybridized carbons (Fsp3) is 0.778. The van der Waals surface area contributed by atoms with Crippen molar-refractivity contribution in [3.05, 3.63) is 11.4 Å². The number of nitrogens with one attached hydrogen (secondary N) is 1. The average Bonchev–Trinajstić information content (AvgIpc) is 2.52. The summed E-state index contributed by atoms with van der Waals surface area (Å²) in [5.41, 5.74) is 1.69. The molecule has 0 fully saturated rings. The molecule has 1 atom stereocenters. The van der Waals surface area contributed by atoms with Gasteiger partial charge in [-0.05, 0) is 20.8 Å². The second-order valence-corrected chi connectivity index (χ2v) is 3.19. The lowest BCUT2D eigenvalue weighted by Gasteiger charge is -2.11. The van der Waals surface area contributed by atoms with E-state index < -0.39 is 0 Å². The zero-order valence-corrected chi connectivity index (χ0v) is 8.91. The molecule has 0 aliphatic heterocycles. The van der Waals surface area contributed by atoms with Gasteiger partial charge in [-0.25, -0.2) is 4.63 Å². The molecule has 0 saturated carbocycles. The van der Waals surface area contributed by atoms with E-state index in [9.17, 15) is 0 Å². The molecule has 0 bridgehead atoms. The van der Waals surface area contributed by atoms with Gasteiger partial charge in [-0.1, -0.05) is 10.3 Å². The highest BCUT2D eigenvalue weighted by Gasteiger charge is 2.05. The summed E-state index contributed by atoms with van der Waals surface area (Å²) in [7, 11) is 0. The molecule has 0 spiro atoms. The molecule has 1 rings (SSSR count). The molecular weight excluding hydrogens is 182 g/mol. The van der Waals surface area contributed by atoms with Gasteiger partial charge in [0.05, 0.1) is 6.10 Å². The van der Waals surface area contributed by atoms with Crippen molar-refractivity contribution in [2.24, 2.45) is 0 Å². The third-order valence-corrected chi connectivity index (χ3v) is 1.92. The van der Waals surface area contributed by atoms with E-state index in [1.165, 1.54) is 0 Å². The minimum atomic E-state index is 0.222. The Morgan fingerprint density at radius 3 is 2.86 bits per heavy atom.